The van der Waals surface area contributed by atoms with E-state index in [1.165, 1.54) is 37.8 Å². The summed E-state index contributed by atoms with van der Waals surface area (Å²) >= 11 is 6.18. The molecule has 1 aromatic carbocycles. The molecule has 1 saturated carbocycles. The summed E-state index contributed by atoms with van der Waals surface area (Å²) in [5.74, 6) is 0.190. The first-order valence-electron chi connectivity index (χ1n) is 7.22. The van der Waals surface area contributed by atoms with E-state index < -0.39 is 0 Å². The van der Waals surface area contributed by atoms with Gasteiger partial charge in [-0.2, -0.15) is 0 Å². The van der Waals surface area contributed by atoms with Crippen molar-refractivity contribution in [1.29, 1.82) is 0 Å². The summed E-state index contributed by atoms with van der Waals surface area (Å²) < 4.78 is 13.6. The highest BCUT2D eigenvalue weighted by atomic mass is 35.5. The molecule has 4 heteroatoms. The fraction of sp³-hybridized carbons (Fsp3) is 0.438. The van der Waals surface area contributed by atoms with Crippen LogP contribution < -0.4 is 5.32 Å². The normalized spacial score (nSPS) is 15.9. The Morgan fingerprint density at radius 2 is 2.05 bits per heavy atom. The molecule has 2 nitrogen and oxygen atoms in total. The second kappa shape index (κ2) is 5.57. The first-order chi connectivity index (χ1) is 9.69. The number of pyridine rings is 1. The molecule has 0 aliphatic heterocycles. The molecular weight excluding hydrogens is 275 g/mol. The first-order valence-corrected chi connectivity index (χ1v) is 7.60. The van der Waals surface area contributed by atoms with Gasteiger partial charge in [0.2, 0.25) is 0 Å². The molecule has 0 saturated heterocycles. The summed E-state index contributed by atoms with van der Waals surface area (Å²) in [6.45, 7) is 2.82. The Morgan fingerprint density at radius 1 is 1.30 bits per heavy atom. The number of halogens is 2. The van der Waals surface area contributed by atoms with E-state index >= 15 is 0 Å². The van der Waals surface area contributed by atoms with Gasteiger partial charge >= 0.3 is 0 Å². The predicted octanol–water partition coefficient (Wildman–Crippen LogP) is 5.12. The number of nitrogens with one attached hydrogen (secondary N) is 1. The molecule has 0 bridgehead atoms. The lowest BCUT2D eigenvalue weighted by atomic mass is 10.0. The van der Waals surface area contributed by atoms with Crippen molar-refractivity contribution in [1.82, 2.24) is 4.98 Å². The van der Waals surface area contributed by atoms with E-state index in [2.05, 4.69) is 11.4 Å². The molecule has 3 rings (SSSR count). The van der Waals surface area contributed by atoms with Gasteiger partial charge in [0.25, 0.3) is 0 Å². The first kappa shape index (κ1) is 13.6. The van der Waals surface area contributed by atoms with Crippen LogP contribution in [-0.2, 0) is 0 Å². The number of aromatic nitrogens is 1. The van der Waals surface area contributed by atoms with Crippen LogP contribution in [0.4, 0.5) is 10.1 Å². The Kier molecular flexibility index (Phi) is 3.79. The molecule has 1 aromatic heterocycles. The average Bonchev–Trinajstić information content (AvgIpc) is 2.93. The molecule has 0 atom stereocenters. The Labute approximate surface area is 123 Å². The summed E-state index contributed by atoms with van der Waals surface area (Å²) in [6, 6.07) is 4.91. The van der Waals surface area contributed by atoms with E-state index in [0.717, 1.165) is 23.3 Å². The Hall–Kier alpha value is -1.35. The van der Waals surface area contributed by atoms with Gasteiger partial charge in [-0.3, -0.25) is 4.98 Å². The quantitative estimate of drug-likeness (QED) is 0.849. The van der Waals surface area contributed by atoms with Crippen LogP contribution in [0.25, 0.3) is 10.9 Å². The number of hydrogen-bond donors (Lipinski definition) is 1. The maximum atomic E-state index is 13.6. The lowest BCUT2D eigenvalue weighted by molar-refractivity contribution is 0.629. The van der Waals surface area contributed by atoms with Crippen LogP contribution in [0.1, 0.15) is 44.2 Å². The summed E-state index contributed by atoms with van der Waals surface area (Å²) in [4.78, 5) is 4.70. The van der Waals surface area contributed by atoms with Crippen molar-refractivity contribution in [3.05, 3.63) is 34.7 Å². The lowest BCUT2D eigenvalue weighted by Gasteiger charge is -2.15. The van der Waals surface area contributed by atoms with Crippen molar-refractivity contribution in [3.8, 4) is 0 Å². The highest BCUT2D eigenvalue weighted by Gasteiger charge is 2.20. The van der Waals surface area contributed by atoms with Crippen LogP contribution in [0.2, 0.25) is 5.02 Å². The minimum Gasteiger partial charge on any atom is -0.385 e. The van der Waals surface area contributed by atoms with E-state index in [9.17, 15) is 4.39 Å². The number of anilines is 1. The van der Waals surface area contributed by atoms with Gasteiger partial charge in [0.1, 0.15) is 5.82 Å². The van der Waals surface area contributed by atoms with Gasteiger partial charge in [-0.05, 0) is 38.0 Å². The zero-order chi connectivity index (χ0) is 14.1. The zero-order valence-electron chi connectivity index (χ0n) is 11.5. The van der Waals surface area contributed by atoms with Crippen LogP contribution in [0.3, 0.4) is 0 Å². The van der Waals surface area contributed by atoms with E-state index in [-0.39, 0.29) is 5.82 Å². The molecule has 2 aromatic rings. The molecule has 0 unspecified atom stereocenters. The molecular formula is C16H18ClFN2. The van der Waals surface area contributed by atoms with Gasteiger partial charge < -0.3 is 5.32 Å². The van der Waals surface area contributed by atoms with E-state index in [4.69, 9.17) is 16.6 Å². The molecule has 1 fully saturated rings. The predicted molar refractivity (Wildman–Crippen MR) is 82.1 cm³/mol. The molecule has 1 aliphatic carbocycles. The molecule has 1 heterocycles. The minimum absolute atomic E-state index is 0.322. The minimum atomic E-state index is -0.322. The molecule has 0 radical (unpaired) electrons. The maximum Gasteiger partial charge on any atom is 0.125 e. The topological polar surface area (TPSA) is 24.9 Å². The summed E-state index contributed by atoms with van der Waals surface area (Å²) in [7, 11) is 0. The lowest BCUT2D eigenvalue weighted by Crippen LogP contribution is -2.03. The van der Waals surface area contributed by atoms with Crippen LogP contribution in [0, 0.1) is 5.82 Å². The number of benzene rings is 1. The number of nitrogens with zero attached hydrogens (tertiary/aromatic N) is 1. The second-order valence-corrected chi connectivity index (χ2v) is 5.80. The number of fused-ring (bicyclic) bond motifs is 1. The van der Waals surface area contributed by atoms with Gasteiger partial charge in [-0.15, -0.1) is 0 Å². The smallest absolute Gasteiger partial charge is 0.125 e. The Bertz CT molecular complexity index is 636. The SMILES string of the molecule is CCNc1cc(C2CCCC2)nc2c(Cl)cc(F)cc12. The van der Waals surface area contributed by atoms with Gasteiger partial charge in [0, 0.05) is 29.2 Å². The second-order valence-electron chi connectivity index (χ2n) is 5.39. The van der Waals surface area contributed by atoms with Gasteiger partial charge in [0.15, 0.2) is 0 Å². The number of rotatable bonds is 3. The van der Waals surface area contributed by atoms with Crippen LogP contribution >= 0.6 is 11.6 Å². The van der Waals surface area contributed by atoms with Crippen LogP contribution in [0.15, 0.2) is 18.2 Å². The molecule has 106 valence electrons. The molecule has 0 amide bonds. The standard InChI is InChI=1S/C16H18ClFN2/c1-2-19-15-9-14(10-5-3-4-6-10)20-16-12(15)7-11(18)8-13(16)17/h7-10H,2-6H2,1H3,(H,19,20). The van der Waals surface area contributed by atoms with Crippen molar-refractivity contribution in [3.63, 3.8) is 0 Å². The number of hydrogen-bond acceptors (Lipinski definition) is 2. The third-order valence-electron chi connectivity index (χ3n) is 3.99. The maximum absolute atomic E-state index is 13.6. The molecule has 1 N–H and O–H groups in total. The van der Waals surface area contributed by atoms with Crippen LogP contribution in [-0.4, -0.2) is 11.5 Å². The van der Waals surface area contributed by atoms with Gasteiger partial charge in [-0.25, -0.2) is 4.39 Å². The molecule has 1 aliphatic rings. The Balaban J connectivity index is 2.19. The van der Waals surface area contributed by atoms with Gasteiger partial charge in [0.05, 0.1) is 10.5 Å². The van der Waals surface area contributed by atoms with Crippen molar-refractivity contribution in [2.75, 3.05) is 11.9 Å². The summed E-state index contributed by atoms with van der Waals surface area (Å²) in [5, 5.41) is 4.45. The fourth-order valence-corrected chi connectivity index (χ4v) is 3.29. The molecule has 20 heavy (non-hydrogen) atoms. The van der Waals surface area contributed by atoms with Crippen molar-refractivity contribution in [2.45, 2.75) is 38.5 Å². The van der Waals surface area contributed by atoms with E-state index in [1.54, 1.807) is 0 Å². The monoisotopic (exact) mass is 292 g/mol. The van der Waals surface area contributed by atoms with E-state index in [0.29, 0.717) is 16.5 Å². The summed E-state index contributed by atoms with van der Waals surface area (Å²) in [5.41, 5.74) is 2.72. The highest BCUT2D eigenvalue weighted by molar-refractivity contribution is 6.35. The summed E-state index contributed by atoms with van der Waals surface area (Å²) in [6.07, 6.45) is 4.89. The van der Waals surface area contributed by atoms with Crippen molar-refractivity contribution >= 4 is 28.2 Å². The van der Waals surface area contributed by atoms with E-state index in [1.807, 2.05) is 6.92 Å². The average molecular weight is 293 g/mol. The fourth-order valence-electron chi connectivity index (χ4n) is 3.04. The van der Waals surface area contributed by atoms with Crippen LogP contribution in [0.5, 0.6) is 0 Å². The zero-order valence-corrected chi connectivity index (χ0v) is 12.3. The Morgan fingerprint density at radius 3 is 2.75 bits per heavy atom. The van der Waals surface area contributed by atoms with Crippen molar-refractivity contribution in [2.24, 2.45) is 0 Å². The highest BCUT2D eigenvalue weighted by Crippen LogP contribution is 2.37. The third-order valence-corrected chi connectivity index (χ3v) is 4.28. The molecule has 0 spiro atoms. The van der Waals surface area contributed by atoms with Gasteiger partial charge in [-0.1, -0.05) is 24.4 Å². The third kappa shape index (κ3) is 2.47. The van der Waals surface area contributed by atoms with Crippen molar-refractivity contribution < 1.29 is 4.39 Å². The largest absolute Gasteiger partial charge is 0.385 e.